The quantitative estimate of drug-likeness (QED) is 0.515. The van der Waals surface area contributed by atoms with Crippen LogP contribution in [0.1, 0.15) is 56.3 Å². The molecule has 0 aliphatic heterocycles. The van der Waals surface area contributed by atoms with Crippen LogP contribution in [0.25, 0.3) is 10.9 Å². The second kappa shape index (κ2) is 8.09. The van der Waals surface area contributed by atoms with Gasteiger partial charge in [-0.1, -0.05) is 0 Å². The first-order valence-electron chi connectivity index (χ1n) is 11.0. The number of carbonyl (C=O) groups excluding carboxylic acids is 1. The summed E-state index contributed by atoms with van der Waals surface area (Å²) in [5.74, 6) is 1.66. The van der Waals surface area contributed by atoms with E-state index in [9.17, 15) is 4.79 Å². The third kappa shape index (κ3) is 4.14. The third-order valence-electron chi connectivity index (χ3n) is 6.46. The number of nitrogens with zero attached hydrogens (tertiary/aromatic N) is 4. The van der Waals surface area contributed by atoms with Crippen LogP contribution in [0.5, 0.6) is 0 Å². The molecule has 10 nitrogen and oxygen atoms in total. The number of alkyl carbamates (subject to hydrolysis) is 1. The Morgan fingerprint density at radius 1 is 1.38 bits per heavy atom. The van der Waals surface area contributed by atoms with Gasteiger partial charge >= 0.3 is 6.09 Å². The van der Waals surface area contributed by atoms with E-state index >= 15 is 0 Å². The largest absolute Gasteiger partial charge is 0.446 e. The molecule has 2 atom stereocenters. The summed E-state index contributed by atoms with van der Waals surface area (Å²) >= 11 is 0. The molecule has 32 heavy (non-hydrogen) atoms. The van der Waals surface area contributed by atoms with Crippen molar-refractivity contribution < 1.29 is 14.3 Å². The van der Waals surface area contributed by atoms with Crippen LogP contribution in [0.3, 0.4) is 0 Å². The molecule has 0 saturated heterocycles. The van der Waals surface area contributed by atoms with Crippen LogP contribution in [-0.4, -0.2) is 49.8 Å². The van der Waals surface area contributed by atoms with E-state index in [2.05, 4.69) is 30.9 Å². The van der Waals surface area contributed by atoms with Gasteiger partial charge in [-0.15, -0.1) is 0 Å². The molecule has 10 heteroatoms. The molecule has 2 aliphatic carbocycles. The molecule has 2 fully saturated rings. The number of carbonyl (C=O) groups is 1. The third-order valence-corrected chi connectivity index (χ3v) is 6.46. The van der Waals surface area contributed by atoms with Crippen LogP contribution in [0.4, 0.5) is 16.4 Å². The minimum absolute atomic E-state index is 0.0614. The van der Waals surface area contributed by atoms with Crippen LogP contribution in [0.2, 0.25) is 0 Å². The average Bonchev–Trinajstić information content (AvgIpc) is 3.13. The Morgan fingerprint density at radius 3 is 3.00 bits per heavy atom. The highest BCUT2D eigenvalue weighted by Crippen LogP contribution is 2.37. The Bertz CT molecular complexity index is 1130. The van der Waals surface area contributed by atoms with Crippen molar-refractivity contribution in [1.29, 1.82) is 0 Å². The summed E-state index contributed by atoms with van der Waals surface area (Å²) in [5.41, 5.74) is 2.74. The molecule has 3 N–H and O–H groups in total. The molecular formula is C22H29N7O3. The SMILES string of the molecule is COCc1nn(C)c2c(Nc3cc(C4CCC(OC(=O)NC5(C)CC5)C4)[nH]n3)nccc12. The Labute approximate surface area is 186 Å². The van der Waals surface area contributed by atoms with Gasteiger partial charge in [0, 0.05) is 49.0 Å². The number of amides is 1. The van der Waals surface area contributed by atoms with E-state index in [0.717, 1.165) is 54.4 Å². The number of methoxy groups -OCH3 is 1. The number of hydrogen-bond donors (Lipinski definition) is 3. The molecule has 5 rings (SSSR count). The number of aromatic nitrogens is 5. The number of ether oxygens (including phenoxy) is 2. The summed E-state index contributed by atoms with van der Waals surface area (Å²) in [5, 5.41) is 19.4. The highest BCUT2D eigenvalue weighted by molar-refractivity contribution is 5.91. The Kier molecular flexibility index (Phi) is 5.24. The van der Waals surface area contributed by atoms with Gasteiger partial charge in [0.15, 0.2) is 11.6 Å². The topological polar surface area (TPSA) is 119 Å². The van der Waals surface area contributed by atoms with E-state index < -0.39 is 0 Å². The predicted octanol–water partition coefficient (Wildman–Crippen LogP) is 3.50. The molecule has 3 aromatic heterocycles. The monoisotopic (exact) mass is 439 g/mol. The maximum Gasteiger partial charge on any atom is 0.407 e. The minimum atomic E-state index is -0.300. The number of rotatable bonds is 7. The second-order valence-electron chi connectivity index (χ2n) is 9.12. The highest BCUT2D eigenvalue weighted by Gasteiger charge is 2.40. The number of pyridine rings is 1. The van der Waals surface area contributed by atoms with Crippen molar-refractivity contribution in [2.75, 3.05) is 12.4 Å². The molecule has 0 radical (unpaired) electrons. The molecule has 2 aliphatic rings. The van der Waals surface area contributed by atoms with Crippen molar-refractivity contribution in [3.63, 3.8) is 0 Å². The summed E-state index contributed by atoms with van der Waals surface area (Å²) in [6.07, 6.45) is 6.04. The van der Waals surface area contributed by atoms with E-state index in [4.69, 9.17) is 9.47 Å². The van der Waals surface area contributed by atoms with E-state index in [0.29, 0.717) is 18.2 Å². The molecule has 2 unspecified atom stereocenters. The molecule has 0 aromatic carbocycles. The highest BCUT2D eigenvalue weighted by atomic mass is 16.6. The summed E-state index contributed by atoms with van der Waals surface area (Å²) in [7, 11) is 3.55. The Morgan fingerprint density at radius 2 is 2.22 bits per heavy atom. The van der Waals surface area contributed by atoms with Crippen molar-refractivity contribution in [2.45, 2.75) is 63.2 Å². The summed E-state index contributed by atoms with van der Waals surface area (Å²) in [4.78, 5) is 16.6. The maximum absolute atomic E-state index is 12.1. The van der Waals surface area contributed by atoms with E-state index in [1.54, 1.807) is 18.0 Å². The smallest absolute Gasteiger partial charge is 0.407 e. The molecule has 3 heterocycles. The second-order valence-corrected chi connectivity index (χ2v) is 9.12. The molecule has 3 aromatic rings. The van der Waals surface area contributed by atoms with E-state index in [1.807, 2.05) is 26.1 Å². The van der Waals surface area contributed by atoms with Gasteiger partial charge in [0.1, 0.15) is 11.6 Å². The van der Waals surface area contributed by atoms with Crippen LogP contribution in [0.15, 0.2) is 18.3 Å². The number of aromatic amines is 1. The van der Waals surface area contributed by atoms with Crippen molar-refractivity contribution in [1.82, 2.24) is 30.3 Å². The van der Waals surface area contributed by atoms with Gasteiger partial charge in [0.2, 0.25) is 0 Å². The number of fused-ring (bicyclic) bond motifs is 1. The van der Waals surface area contributed by atoms with Crippen LogP contribution in [0, 0.1) is 0 Å². The number of aryl methyl sites for hydroxylation is 1. The summed E-state index contributed by atoms with van der Waals surface area (Å²) < 4.78 is 12.7. The standard InChI is InChI=1S/C22H29N7O3/c1-22(7-8-22)25-21(30)32-14-5-4-13(10-14)16-11-18(27-26-16)24-20-19-15(6-9-23-20)17(12-31-3)28-29(19)2/h6,9,11,13-14H,4-5,7-8,10,12H2,1-3H3,(H,25,30)(H2,23,24,26,27). The molecule has 0 bridgehead atoms. The lowest BCUT2D eigenvalue weighted by Crippen LogP contribution is -2.36. The average molecular weight is 440 g/mol. The zero-order chi connectivity index (χ0) is 22.3. The molecule has 0 spiro atoms. The summed E-state index contributed by atoms with van der Waals surface area (Å²) in [6.45, 7) is 2.49. The fourth-order valence-electron chi connectivity index (χ4n) is 4.43. The molecular weight excluding hydrogens is 410 g/mol. The van der Waals surface area contributed by atoms with Gasteiger partial charge in [-0.3, -0.25) is 9.78 Å². The van der Waals surface area contributed by atoms with Gasteiger partial charge in [0.05, 0.1) is 12.3 Å². The first-order valence-corrected chi connectivity index (χ1v) is 11.0. The maximum atomic E-state index is 12.1. The number of hydrogen-bond acceptors (Lipinski definition) is 7. The number of anilines is 2. The molecule has 170 valence electrons. The molecule has 2 saturated carbocycles. The van der Waals surface area contributed by atoms with Crippen LogP contribution in [-0.2, 0) is 23.1 Å². The lowest BCUT2D eigenvalue weighted by molar-refractivity contribution is 0.0967. The first kappa shape index (κ1) is 20.7. The van der Waals surface area contributed by atoms with Gasteiger partial charge in [-0.05, 0) is 45.1 Å². The van der Waals surface area contributed by atoms with Crippen molar-refractivity contribution >= 4 is 28.6 Å². The van der Waals surface area contributed by atoms with Gasteiger partial charge in [0.25, 0.3) is 0 Å². The van der Waals surface area contributed by atoms with Crippen LogP contribution >= 0.6 is 0 Å². The van der Waals surface area contributed by atoms with Crippen molar-refractivity contribution in [2.24, 2.45) is 7.05 Å². The number of nitrogens with one attached hydrogen (secondary N) is 3. The van der Waals surface area contributed by atoms with Crippen molar-refractivity contribution in [3.05, 3.63) is 29.7 Å². The Hall–Kier alpha value is -3.14. The lowest BCUT2D eigenvalue weighted by Gasteiger charge is -2.16. The zero-order valence-corrected chi connectivity index (χ0v) is 18.6. The summed E-state index contributed by atoms with van der Waals surface area (Å²) in [6, 6.07) is 3.95. The minimum Gasteiger partial charge on any atom is -0.446 e. The molecule has 1 amide bonds. The van der Waals surface area contributed by atoms with Crippen molar-refractivity contribution in [3.8, 4) is 0 Å². The normalized spacial score (nSPS) is 21.6. The Balaban J connectivity index is 1.24. The van der Waals surface area contributed by atoms with Gasteiger partial charge in [-0.25, -0.2) is 9.78 Å². The van der Waals surface area contributed by atoms with E-state index in [1.165, 1.54) is 0 Å². The lowest BCUT2D eigenvalue weighted by atomic mass is 10.0. The number of H-pyrrole nitrogens is 1. The fourth-order valence-corrected chi connectivity index (χ4v) is 4.43. The zero-order valence-electron chi connectivity index (χ0n) is 18.6. The fraction of sp³-hybridized carbons (Fsp3) is 0.545. The first-order chi connectivity index (χ1) is 15.4. The van der Waals surface area contributed by atoms with Gasteiger partial charge < -0.3 is 20.1 Å². The van der Waals surface area contributed by atoms with Crippen LogP contribution < -0.4 is 10.6 Å². The predicted molar refractivity (Wildman–Crippen MR) is 119 cm³/mol. The van der Waals surface area contributed by atoms with Gasteiger partial charge in [-0.2, -0.15) is 10.2 Å². The van der Waals surface area contributed by atoms with E-state index in [-0.39, 0.29) is 23.7 Å².